The lowest BCUT2D eigenvalue weighted by molar-refractivity contribution is -0.152. The molecule has 2 aliphatic rings. The van der Waals surface area contributed by atoms with Crippen LogP contribution in [0, 0.1) is 12.3 Å². The second-order valence-electron chi connectivity index (χ2n) is 5.32. The summed E-state index contributed by atoms with van der Waals surface area (Å²) < 4.78 is 0. The van der Waals surface area contributed by atoms with Crippen molar-refractivity contribution in [3.8, 4) is 12.3 Å². The molecule has 2 heterocycles. The molecule has 0 aromatic rings. The van der Waals surface area contributed by atoms with E-state index in [9.17, 15) is 9.59 Å². The Bertz CT molecular complexity index is 461. The number of nitrogens with zero attached hydrogens (tertiary/aromatic N) is 3. The van der Waals surface area contributed by atoms with Crippen molar-refractivity contribution in [3.63, 3.8) is 0 Å². The zero-order valence-electron chi connectivity index (χ0n) is 11.4. The predicted molar refractivity (Wildman–Crippen MR) is 71.9 cm³/mol. The van der Waals surface area contributed by atoms with Crippen LogP contribution in [-0.4, -0.2) is 40.1 Å². The summed E-state index contributed by atoms with van der Waals surface area (Å²) in [6, 6.07) is -0.675. The van der Waals surface area contributed by atoms with Crippen molar-refractivity contribution in [3.05, 3.63) is 0 Å². The highest BCUT2D eigenvalue weighted by atomic mass is 16.4. The van der Waals surface area contributed by atoms with Gasteiger partial charge in [-0.2, -0.15) is 10.2 Å². The quantitative estimate of drug-likeness (QED) is 0.752. The summed E-state index contributed by atoms with van der Waals surface area (Å²) >= 11 is 0. The van der Waals surface area contributed by atoms with Crippen LogP contribution in [0.25, 0.3) is 0 Å². The summed E-state index contributed by atoms with van der Waals surface area (Å²) in [5.41, 5.74) is -0.476. The minimum Gasteiger partial charge on any atom is -0.480 e. The summed E-state index contributed by atoms with van der Waals surface area (Å²) in [6.07, 6.45) is 9.54. The largest absolute Gasteiger partial charge is 0.480 e. The molecule has 0 aliphatic carbocycles. The molecule has 6 nitrogen and oxygen atoms in total. The molecule has 0 aromatic heterocycles. The van der Waals surface area contributed by atoms with E-state index >= 15 is 0 Å². The number of carbonyl (C=O) groups excluding carboxylic acids is 1. The third kappa shape index (κ3) is 3.35. The van der Waals surface area contributed by atoms with Gasteiger partial charge in [0.25, 0.3) is 0 Å². The first kappa shape index (κ1) is 14.5. The van der Waals surface area contributed by atoms with Gasteiger partial charge in [-0.05, 0) is 19.3 Å². The molecule has 1 atom stereocenters. The van der Waals surface area contributed by atoms with E-state index in [4.69, 9.17) is 11.5 Å². The average molecular weight is 277 g/mol. The standard InChI is InChI=1S/C14H19N3O3/c1-2-3-8-14(15-16-14)9-7-12(18)17-10-5-4-6-11(17)13(19)20/h1,11H,3-10H2,(H,19,20)/t11-/m1/s1. The minimum atomic E-state index is -0.916. The third-order valence-electron chi connectivity index (χ3n) is 3.90. The van der Waals surface area contributed by atoms with Gasteiger partial charge in [0.1, 0.15) is 6.04 Å². The lowest BCUT2D eigenvalue weighted by atomic mass is 9.99. The van der Waals surface area contributed by atoms with Crippen LogP contribution in [0.4, 0.5) is 0 Å². The van der Waals surface area contributed by atoms with Crippen LogP contribution in [-0.2, 0) is 9.59 Å². The number of piperidine rings is 1. The molecule has 1 N–H and O–H groups in total. The number of likely N-dealkylation sites (tertiary alicyclic amines) is 1. The topological polar surface area (TPSA) is 82.3 Å². The Hall–Kier alpha value is -1.90. The van der Waals surface area contributed by atoms with Crippen LogP contribution in [0.15, 0.2) is 10.2 Å². The molecule has 0 spiro atoms. The number of carbonyl (C=O) groups is 2. The second-order valence-corrected chi connectivity index (χ2v) is 5.32. The van der Waals surface area contributed by atoms with E-state index in [1.807, 2.05) is 0 Å². The number of carboxylic acid groups (broad SMARTS) is 1. The summed E-state index contributed by atoms with van der Waals surface area (Å²) in [7, 11) is 0. The molecular weight excluding hydrogens is 258 g/mol. The number of carboxylic acids is 1. The molecule has 1 amide bonds. The van der Waals surface area contributed by atoms with Crippen molar-refractivity contribution in [2.45, 2.75) is 56.7 Å². The number of amides is 1. The number of hydrogen-bond donors (Lipinski definition) is 1. The van der Waals surface area contributed by atoms with Gasteiger partial charge in [0, 0.05) is 32.2 Å². The van der Waals surface area contributed by atoms with Gasteiger partial charge in [-0.3, -0.25) is 4.79 Å². The number of hydrogen-bond acceptors (Lipinski definition) is 4. The molecule has 0 aromatic carbocycles. The van der Waals surface area contributed by atoms with E-state index in [0.717, 1.165) is 12.8 Å². The summed E-state index contributed by atoms with van der Waals surface area (Å²) in [5.74, 6) is 1.51. The fraction of sp³-hybridized carbons (Fsp3) is 0.714. The number of aliphatic carboxylic acids is 1. The first-order valence-electron chi connectivity index (χ1n) is 6.98. The molecule has 108 valence electrons. The number of rotatable bonds is 6. The van der Waals surface area contributed by atoms with Gasteiger partial charge in [0.15, 0.2) is 5.66 Å². The third-order valence-corrected chi connectivity index (χ3v) is 3.90. The molecule has 1 fully saturated rings. The van der Waals surface area contributed by atoms with Crippen LogP contribution >= 0.6 is 0 Å². The van der Waals surface area contributed by atoms with Crippen LogP contribution in [0.5, 0.6) is 0 Å². The zero-order valence-corrected chi connectivity index (χ0v) is 11.4. The predicted octanol–water partition coefficient (Wildman–Crippen LogP) is 1.81. The van der Waals surface area contributed by atoms with E-state index in [1.165, 1.54) is 4.90 Å². The Kier molecular flexibility index (Phi) is 4.38. The molecule has 0 bridgehead atoms. The fourth-order valence-electron chi connectivity index (χ4n) is 2.61. The van der Waals surface area contributed by atoms with Crippen molar-refractivity contribution in [1.82, 2.24) is 4.90 Å². The molecule has 0 radical (unpaired) electrons. The van der Waals surface area contributed by atoms with Crippen LogP contribution in [0.1, 0.15) is 44.9 Å². The smallest absolute Gasteiger partial charge is 0.326 e. The molecular formula is C14H19N3O3. The Morgan fingerprint density at radius 2 is 2.10 bits per heavy atom. The first-order chi connectivity index (χ1) is 9.58. The van der Waals surface area contributed by atoms with Crippen molar-refractivity contribution in [1.29, 1.82) is 0 Å². The maximum Gasteiger partial charge on any atom is 0.326 e. The van der Waals surface area contributed by atoms with Gasteiger partial charge in [0.05, 0.1) is 0 Å². The fourth-order valence-corrected chi connectivity index (χ4v) is 2.61. The molecule has 6 heteroatoms. The SMILES string of the molecule is C#CCCC1(CCC(=O)N2CCCC[C@@H]2C(=O)O)N=N1. The Labute approximate surface area is 118 Å². The maximum absolute atomic E-state index is 12.2. The Balaban J connectivity index is 1.85. The van der Waals surface area contributed by atoms with Crippen molar-refractivity contribution in [2.75, 3.05) is 6.54 Å². The van der Waals surface area contributed by atoms with E-state index in [-0.39, 0.29) is 12.3 Å². The van der Waals surface area contributed by atoms with Gasteiger partial charge in [-0.1, -0.05) is 0 Å². The van der Waals surface area contributed by atoms with E-state index in [0.29, 0.717) is 32.2 Å². The van der Waals surface area contributed by atoms with E-state index < -0.39 is 17.7 Å². The Morgan fingerprint density at radius 1 is 1.35 bits per heavy atom. The summed E-state index contributed by atoms with van der Waals surface area (Å²) in [5, 5.41) is 17.1. The van der Waals surface area contributed by atoms with Crippen LogP contribution in [0.2, 0.25) is 0 Å². The highest BCUT2D eigenvalue weighted by molar-refractivity contribution is 5.83. The average Bonchev–Trinajstić information content (AvgIpc) is 3.23. The van der Waals surface area contributed by atoms with Crippen LogP contribution < -0.4 is 0 Å². The second kappa shape index (κ2) is 6.04. The van der Waals surface area contributed by atoms with E-state index in [2.05, 4.69) is 16.1 Å². The summed E-state index contributed by atoms with van der Waals surface area (Å²) in [6.45, 7) is 0.529. The summed E-state index contributed by atoms with van der Waals surface area (Å²) in [4.78, 5) is 24.9. The molecule has 0 saturated carbocycles. The molecule has 2 aliphatic heterocycles. The van der Waals surface area contributed by atoms with Crippen LogP contribution in [0.3, 0.4) is 0 Å². The van der Waals surface area contributed by atoms with Crippen molar-refractivity contribution >= 4 is 11.9 Å². The zero-order chi connectivity index (χ0) is 14.6. The molecule has 20 heavy (non-hydrogen) atoms. The molecule has 0 unspecified atom stereocenters. The lowest BCUT2D eigenvalue weighted by Crippen LogP contribution is -2.48. The highest BCUT2D eigenvalue weighted by Crippen LogP contribution is 2.38. The Morgan fingerprint density at radius 3 is 2.70 bits per heavy atom. The minimum absolute atomic E-state index is 0.116. The van der Waals surface area contributed by atoms with Gasteiger partial charge >= 0.3 is 5.97 Å². The van der Waals surface area contributed by atoms with Crippen molar-refractivity contribution in [2.24, 2.45) is 10.2 Å². The monoisotopic (exact) mass is 277 g/mol. The van der Waals surface area contributed by atoms with Gasteiger partial charge in [-0.15, -0.1) is 12.3 Å². The molecule has 1 saturated heterocycles. The highest BCUT2D eigenvalue weighted by Gasteiger charge is 2.40. The van der Waals surface area contributed by atoms with Gasteiger partial charge in [0.2, 0.25) is 5.91 Å². The molecule has 2 rings (SSSR count). The normalized spacial score (nSPS) is 23.1. The van der Waals surface area contributed by atoms with Crippen molar-refractivity contribution < 1.29 is 14.7 Å². The van der Waals surface area contributed by atoms with Gasteiger partial charge in [-0.25, -0.2) is 4.79 Å². The van der Waals surface area contributed by atoms with E-state index in [1.54, 1.807) is 0 Å². The number of terminal acetylenes is 1. The lowest BCUT2D eigenvalue weighted by Gasteiger charge is -2.33. The maximum atomic E-state index is 12.2. The first-order valence-corrected chi connectivity index (χ1v) is 6.98. The van der Waals surface area contributed by atoms with Gasteiger partial charge < -0.3 is 10.0 Å².